The summed E-state index contributed by atoms with van der Waals surface area (Å²) in [5, 5.41) is 3.23. The number of nitrogens with one attached hydrogen (secondary N) is 1. The number of hydrogen-bond donors (Lipinski definition) is 1. The molecule has 0 saturated carbocycles. The van der Waals surface area contributed by atoms with Crippen molar-refractivity contribution in [2.24, 2.45) is 5.92 Å². The number of amides is 2. The van der Waals surface area contributed by atoms with Gasteiger partial charge in [0, 0.05) is 24.8 Å². The number of hydrogen-bond acceptors (Lipinski definition) is 3. The van der Waals surface area contributed by atoms with E-state index in [2.05, 4.69) is 10.3 Å². The first-order valence-electron chi connectivity index (χ1n) is 7.32. The van der Waals surface area contributed by atoms with Crippen LogP contribution >= 0.6 is 11.6 Å². The van der Waals surface area contributed by atoms with Crippen LogP contribution in [0.4, 0.5) is 11.5 Å². The van der Waals surface area contributed by atoms with Crippen LogP contribution < -0.4 is 10.2 Å². The van der Waals surface area contributed by atoms with Crippen LogP contribution in [0.25, 0.3) is 0 Å². The van der Waals surface area contributed by atoms with Crippen molar-refractivity contribution < 1.29 is 9.59 Å². The Bertz CT molecular complexity index is 746. The van der Waals surface area contributed by atoms with E-state index >= 15 is 0 Å². The normalized spacial score (nSPS) is 17.4. The van der Waals surface area contributed by atoms with Gasteiger partial charge < -0.3 is 10.2 Å². The van der Waals surface area contributed by atoms with Gasteiger partial charge in [0.15, 0.2) is 0 Å². The second kappa shape index (κ2) is 6.38. The summed E-state index contributed by atoms with van der Waals surface area (Å²) >= 11 is 5.77. The molecule has 0 radical (unpaired) electrons. The molecule has 23 heavy (non-hydrogen) atoms. The molecule has 0 aliphatic carbocycles. The van der Waals surface area contributed by atoms with Crippen molar-refractivity contribution in [1.82, 2.24) is 4.98 Å². The third-order valence-corrected chi connectivity index (χ3v) is 4.01. The van der Waals surface area contributed by atoms with Crippen LogP contribution in [0.5, 0.6) is 0 Å². The van der Waals surface area contributed by atoms with E-state index in [0.717, 1.165) is 11.3 Å². The minimum Gasteiger partial charge on any atom is -0.312 e. The number of carbonyl (C=O) groups excluding carboxylic acids is 2. The van der Waals surface area contributed by atoms with Crippen LogP contribution in [-0.2, 0) is 9.59 Å². The smallest absolute Gasteiger partial charge is 0.230 e. The number of aryl methyl sites for hydroxylation is 1. The number of nitrogens with zero attached hydrogens (tertiary/aromatic N) is 2. The van der Waals surface area contributed by atoms with Crippen LogP contribution in [0.1, 0.15) is 12.0 Å². The van der Waals surface area contributed by atoms with Gasteiger partial charge in [-0.15, -0.1) is 0 Å². The lowest BCUT2D eigenvalue weighted by Crippen LogP contribution is -2.28. The molecule has 5 nitrogen and oxygen atoms in total. The number of halogens is 1. The third kappa shape index (κ3) is 3.51. The summed E-state index contributed by atoms with van der Waals surface area (Å²) < 4.78 is 0. The number of pyridine rings is 1. The highest BCUT2D eigenvalue weighted by Crippen LogP contribution is 2.26. The molecule has 1 aromatic carbocycles. The quantitative estimate of drug-likeness (QED) is 0.941. The van der Waals surface area contributed by atoms with Crippen molar-refractivity contribution in [3.63, 3.8) is 0 Å². The molecule has 0 bridgehead atoms. The Morgan fingerprint density at radius 3 is 2.87 bits per heavy atom. The van der Waals surface area contributed by atoms with Gasteiger partial charge in [-0.1, -0.05) is 23.7 Å². The number of rotatable bonds is 3. The molecule has 1 aliphatic rings. The van der Waals surface area contributed by atoms with E-state index < -0.39 is 0 Å². The molecular weight excluding hydrogens is 314 g/mol. The zero-order valence-corrected chi connectivity index (χ0v) is 13.4. The summed E-state index contributed by atoms with van der Waals surface area (Å²) in [5.74, 6) is -0.204. The average molecular weight is 330 g/mol. The fourth-order valence-electron chi connectivity index (χ4n) is 2.61. The number of aromatic nitrogens is 1. The molecule has 0 spiro atoms. The molecule has 1 aliphatic heterocycles. The maximum atomic E-state index is 12.3. The molecule has 1 N–H and O–H groups in total. The standard InChI is InChI=1S/C17H16ClN3O2/c1-11-3-2-4-14(7-11)21-10-12(8-16(21)22)17(23)20-15-6-5-13(18)9-19-15/h2-7,9,12H,8,10H2,1H3,(H,19,20,23). The fraction of sp³-hybridized carbons (Fsp3) is 0.235. The molecule has 1 aromatic heterocycles. The van der Waals surface area contributed by atoms with Gasteiger partial charge in [0.2, 0.25) is 11.8 Å². The first-order chi connectivity index (χ1) is 11.0. The molecule has 1 saturated heterocycles. The maximum absolute atomic E-state index is 12.3. The van der Waals surface area contributed by atoms with E-state index in [9.17, 15) is 9.59 Å². The highest BCUT2D eigenvalue weighted by molar-refractivity contribution is 6.30. The summed E-state index contributed by atoms with van der Waals surface area (Å²) in [4.78, 5) is 30.2. The largest absolute Gasteiger partial charge is 0.312 e. The van der Waals surface area contributed by atoms with E-state index in [4.69, 9.17) is 11.6 Å². The molecule has 118 valence electrons. The molecular formula is C17H16ClN3O2. The Morgan fingerprint density at radius 1 is 1.35 bits per heavy atom. The Labute approximate surface area is 139 Å². The van der Waals surface area contributed by atoms with Crippen LogP contribution in [0.2, 0.25) is 5.02 Å². The van der Waals surface area contributed by atoms with Gasteiger partial charge in [0.1, 0.15) is 5.82 Å². The van der Waals surface area contributed by atoms with E-state index in [1.54, 1.807) is 17.0 Å². The lowest BCUT2D eigenvalue weighted by Gasteiger charge is -2.17. The van der Waals surface area contributed by atoms with Gasteiger partial charge >= 0.3 is 0 Å². The van der Waals surface area contributed by atoms with E-state index in [-0.39, 0.29) is 24.2 Å². The van der Waals surface area contributed by atoms with Crippen molar-refractivity contribution in [3.05, 3.63) is 53.2 Å². The van der Waals surface area contributed by atoms with E-state index in [0.29, 0.717) is 17.4 Å². The monoisotopic (exact) mass is 329 g/mol. The van der Waals surface area contributed by atoms with Crippen molar-refractivity contribution in [2.45, 2.75) is 13.3 Å². The number of carbonyl (C=O) groups is 2. The van der Waals surface area contributed by atoms with E-state index in [1.807, 2.05) is 31.2 Å². The van der Waals surface area contributed by atoms with Crippen LogP contribution in [0.15, 0.2) is 42.6 Å². The molecule has 2 aromatic rings. The highest BCUT2D eigenvalue weighted by atomic mass is 35.5. The summed E-state index contributed by atoms with van der Waals surface area (Å²) in [6.07, 6.45) is 1.67. The Hall–Kier alpha value is -2.40. The molecule has 2 heterocycles. The molecule has 1 unspecified atom stereocenters. The summed E-state index contributed by atoms with van der Waals surface area (Å²) in [5.41, 5.74) is 1.91. The zero-order chi connectivity index (χ0) is 16.4. The third-order valence-electron chi connectivity index (χ3n) is 3.79. The van der Waals surface area contributed by atoms with Crippen LogP contribution in [0.3, 0.4) is 0 Å². The molecule has 1 atom stereocenters. The summed E-state index contributed by atoms with van der Waals surface area (Å²) in [7, 11) is 0. The SMILES string of the molecule is Cc1cccc(N2CC(C(=O)Nc3ccc(Cl)cn3)CC2=O)c1. The van der Waals surface area contributed by atoms with Gasteiger partial charge in [0.05, 0.1) is 10.9 Å². The van der Waals surface area contributed by atoms with Gasteiger partial charge in [0.25, 0.3) is 0 Å². The minimum atomic E-state index is -0.388. The van der Waals surface area contributed by atoms with Gasteiger partial charge in [-0.3, -0.25) is 9.59 Å². The lowest BCUT2D eigenvalue weighted by molar-refractivity contribution is -0.122. The second-order valence-corrected chi connectivity index (χ2v) is 6.03. The minimum absolute atomic E-state index is 0.0418. The van der Waals surface area contributed by atoms with Crippen molar-refractivity contribution in [3.8, 4) is 0 Å². The fourth-order valence-corrected chi connectivity index (χ4v) is 2.72. The van der Waals surface area contributed by atoms with Crippen molar-refractivity contribution in [1.29, 1.82) is 0 Å². The number of benzene rings is 1. The number of anilines is 2. The Balaban J connectivity index is 1.69. The molecule has 2 amide bonds. The second-order valence-electron chi connectivity index (χ2n) is 5.60. The zero-order valence-electron chi connectivity index (χ0n) is 12.6. The molecule has 3 rings (SSSR count). The van der Waals surface area contributed by atoms with Gasteiger partial charge in [-0.05, 0) is 36.8 Å². The van der Waals surface area contributed by atoms with Gasteiger partial charge in [-0.2, -0.15) is 0 Å². The topological polar surface area (TPSA) is 62.3 Å². The van der Waals surface area contributed by atoms with Crippen LogP contribution in [0, 0.1) is 12.8 Å². The van der Waals surface area contributed by atoms with E-state index in [1.165, 1.54) is 6.20 Å². The van der Waals surface area contributed by atoms with Crippen molar-refractivity contribution in [2.75, 3.05) is 16.8 Å². The predicted molar refractivity (Wildman–Crippen MR) is 89.5 cm³/mol. The first kappa shape index (κ1) is 15.5. The average Bonchev–Trinajstić information content (AvgIpc) is 2.92. The lowest BCUT2D eigenvalue weighted by atomic mass is 10.1. The summed E-state index contributed by atoms with van der Waals surface area (Å²) in [6, 6.07) is 11.0. The predicted octanol–water partition coefficient (Wildman–Crippen LogP) is 3.04. The Morgan fingerprint density at radius 2 is 2.17 bits per heavy atom. The van der Waals surface area contributed by atoms with Crippen molar-refractivity contribution >= 4 is 34.9 Å². The molecule has 1 fully saturated rings. The van der Waals surface area contributed by atoms with Crippen LogP contribution in [-0.4, -0.2) is 23.3 Å². The highest BCUT2D eigenvalue weighted by Gasteiger charge is 2.35. The first-order valence-corrected chi connectivity index (χ1v) is 7.70. The molecule has 6 heteroatoms. The summed E-state index contributed by atoms with van der Waals surface area (Å²) in [6.45, 7) is 2.35. The maximum Gasteiger partial charge on any atom is 0.230 e. The van der Waals surface area contributed by atoms with Gasteiger partial charge in [-0.25, -0.2) is 4.98 Å². The Kier molecular flexibility index (Phi) is 4.30.